The molecule has 0 spiro atoms. The summed E-state index contributed by atoms with van der Waals surface area (Å²) in [4.78, 5) is 0. The highest BCUT2D eigenvalue weighted by Gasteiger charge is 2.23. The minimum Gasteiger partial charge on any atom is -0.309 e. The van der Waals surface area contributed by atoms with Gasteiger partial charge in [-0.15, -0.1) is 0 Å². The number of fused-ring (bicyclic) bond motifs is 26. The molecule has 16 aromatic carbocycles. The fourth-order valence-corrected chi connectivity index (χ4v) is 14.3. The molecule has 358 valence electrons. The van der Waals surface area contributed by atoms with Crippen molar-refractivity contribution in [1.29, 1.82) is 0 Å². The van der Waals surface area contributed by atoms with Crippen LogP contribution in [0.2, 0.25) is 0 Å². The fraction of sp³-hybridized carbons (Fsp3) is 0. The standard InChI is InChI=1S/C76H44N2/c1-3-19-49-45(17-1)34-39-63-73-60-29-11-9-23-53(60)51-21-5-7-25-55(51)65(73)44-72(74(49)63)78-67-31-15-13-27-57(67)59-37-35-48(42-70(59)78)47-36-40-69-64(41-47)58-28-14-16-32-68(58)77(69)71-43-66-56-26-8-6-22-52(56)54-24-10-12-30-61(54)76(66)75-50-20-4-2-18-46(50)33-38-62(71)75/h1-44H. The average Bonchev–Trinajstić information content (AvgIpc) is 4.15. The second-order valence-corrected chi connectivity index (χ2v) is 21.4. The summed E-state index contributed by atoms with van der Waals surface area (Å²) in [7, 11) is 0. The minimum absolute atomic E-state index is 1.18. The predicted octanol–water partition coefficient (Wildman–Crippen LogP) is 21.1. The summed E-state index contributed by atoms with van der Waals surface area (Å²) in [6.07, 6.45) is 0. The first-order valence-electron chi connectivity index (χ1n) is 27.2. The van der Waals surface area contributed by atoms with Gasteiger partial charge < -0.3 is 9.13 Å². The number of rotatable bonds is 3. The smallest absolute Gasteiger partial charge is 0.0553 e. The Hall–Kier alpha value is -10.3. The van der Waals surface area contributed by atoms with Gasteiger partial charge in [0, 0.05) is 37.7 Å². The van der Waals surface area contributed by atoms with Crippen molar-refractivity contribution in [3.8, 4) is 22.5 Å². The topological polar surface area (TPSA) is 9.86 Å². The molecule has 78 heavy (non-hydrogen) atoms. The second-order valence-electron chi connectivity index (χ2n) is 21.4. The largest absolute Gasteiger partial charge is 0.309 e. The van der Waals surface area contributed by atoms with Gasteiger partial charge in [0.25, 0.3) is 0 Å². The van der Waals surface area contributed by atoms with E-state index in [0.29, 0.717) is 0 Å². The zero-order valence-corrected chi connectivity index (χ0v) is 42.3. The van der Waals surface area contributed by atoms with Crippen LogP contribution in [0.3, 0.4) is 0 Å². The molecule has 2 aromatic heterocycles. The third-order valence-corrected chi connectivity index (χ3v) is 17.6. The number of hydrogen-bond acceptors (Lipinski definition) is 0. The third kappa shape index (κ3) is 5.60. The van der Waals surface area contributed by atoms with E-state index in [1.54, 1.807) is 0 Å². The second kappa shape index (κ2) is 15.6. The van der Waals surface area contributed by atoms with Crippen LogP contribution in [0.1, 0.15) is 0 Å². The zero-order chi connectivity index (χ0) is 50.7. The van der Waals surface area contributed by atoms with Crippen molar-refractivity contribution in [2.75, 3.05) is 0 Å². The highest BCUT2D eigenvalue weighted by atomic mass is 15.0. The van der Waals surface area contributed by atoms with Gasteiger partial charge in [-0.25, -0.2) is 0 Å². The van der Waals surface area contributed by atoms with Gasteiger partial charge in [0.1, 0.15) is 0 Å². The molecule has 0 amide bonds. The fourth-order valence-electron chi connectivity index (χ4n) is 14.3. The summed E-state index contributed by atoms with van der Waals surface area (Å²) in [5, 5.41) is 30.4. The van der Waals surface area contributed by atoms with Gasteiger partial charge in [-0.05, 0) is 145 Å². The lowest BCUT2D eigenvalue weighted by Crippen LogP contribution is -1.98. The molecule has 2 heterocycles. The Kier molecular flexibility index (Phi) is 8.42. The van der Waals surface area contributed by atoms with Crippen LogP contribution in [0, 0.1) is 0 Å². The molecule has 2 heteroatoms. The Labute approximate surface area is 447 Å². The van der Waals surface area contributed by atoms with Crippen molar-refractivity contribution in [2.24, 2.45) is 0 Å². The van der Waals surface area contributed by atoms with Gasteiger partial charge >= 0.3 is 0 Å². The molecule has 0 bridgehead atoms. The lowest BCUT2D eigenvalue weighted by atomic mass is 9.88. The van der Waals surface area contributed by atoms with Gasteiger partial charge in [-0.1, -0.05) is 224 Å². The van der Waals surface area contributed by atoms with Crippen molar-refractivity contribution in [1.82, 2.24) is 9.13 Å². The summed E-state index contributed by atoms with van der Waals surface area (Å²) >= 11 is 0. The quantitative estimate of drug-likeness (QED) is 0.156. The Bertz CT molecular complexity index is 5690. The summed E-state index contributed by atoms with van der Waals surface area (Å²) < 4.78 is 5.11. The van der Waals surface area contributed by atoms with Crippen LogP contribution in [0.4, 0.5) is 0 Å². The van der Waals surface area contributed by atoms with E-state index in [1.165, 1.54) is 174 Å². The molecule has 18 aromatic rings. The molecule has 0 aliphatic heterocycles. The average molecular weight is 985 g/mol. The van der Waals surface area contributed by atoms with E-state index in [-0.39, 0.29) is 0 Å². The van der Waals surface area contributed by atoms with Crippen LogP contribution in [0.5, 0.6) is 0 Å². The van der Waals surface area contributed by atoms with Crippen LogP contribution in [0.15, 0.2) is 267 Å². The Morgan fingerprint density at radius 3 is 1.17 bits per heavy atom. The first kappa shape index (κ1) is 42.0. The summed E-state index contributed by atoms with van der Waals surface area (Å²) in [5.41, 5.74) is 9.48. The number of aromatic nitrogens is 2. The number of benzene rings is 16. The zero-order valence-electron chi connectivity index (χ0n) is 42.3. The number of hydrogen-bond donors (Lipinski definition) is 0. The molecule has 0 radical (unpaired) electrons. The van der Waals surface area contributed by atoms with Crippen molar-refractivity contribution in [3.63, 3.8) is 0 Å². The lowest BCUT2D eigenvalue weighted by Gasteiger charge is -2.19. The first-order chi connectivity index (χ1) is 38.7. The molecular formula is C76H44N2. The van der Waals surface area contributed by atoms with Gasteiger partial charge in [0.05, 0.1) is 33.4 Å². The van der Waals surface area contributed by atoms with Crippen molar-refractivity contribution in [3.05, 3.63) is 267 Å². The molecule has 0 N–H and O–H groups in total. The van der Waals surface area contributed by atoms with Gasteiger partial charge in [-0.2, -0.15) is 0 Å². The molecule has 0 atom stereocenters. The molecule has 0 unspecified atom stereocenters. The lowest BCUT2D eigenvalue weighted by molar-refractivity contribution is 1.20. The molecule has 0 saturated carbocycles. The van der Waals surface area contributed by atoms with Crippen LogP contribution < -0.4 is 0 Å². The number of para-hydroxylation sites is 2. The SMILES string of the molecule is c1ccc2c(c1)ccc1c2c(-n2c3ccccc3c3ccc(-c4ccc5c(c4)c4ccccc4n5-c4cc5c6ccccc6c6ccccc6c5c5c4ccc4ccccc45)cc32)cc2c3ccccc3c3ccccc3c21. The molecular weight excluding hydrogens is 941 g/mol. The predicted molar refractivity (Wildman–Crippen MR) is 336 cm³/mol. The Balaban J connectivity index is 0.912. The van der Waals surface area contributed by atoms with E-state index in [9.17, 15) is 0 Å². The highest BCUT2D eigenvalue weighted by Crippen LogP contribution is 2.48. The summed E-state index contributed by atoms with van der Waals surface area (Å²) in [6.45, 7) is 0. The van der Waals surface area contributed by atoms with Crippen LogP contribution in [-0.4, -0.2) is 9.13 Å². The summed E-state index contributed by atoms with van der Waals surface area (Å²) in [6, 6.07) is 100. The van der Waals surface area contributed by atoms with Crippen molar-refractivity contribution in [2.45, 2.75) is 0 Å². The monoisotopic (exact) mass is 984 g/mol. The van der Waals surface area contributed by atoms with E-state index >= 15 is 0 Å². The van der Waals surface area contributed by atoms with Crippen LogP contribution in [-0.2, 0) is 0 Å². The first-order valence-corrected chi connectivity index (χ1v) is 27.2. The maximum Gasteiger partial charge on any atom is 0.0553 e. The highest BCUT2D eigenvalue weighted by molar-refractivity contribution is 6.37. The molecule has 0 fully saturated rings. The maximum absolute atomic E-state index is 2.57. The molecule has 18 rings (SSSR count). The van der Waals surface area contributed by atoms with Crippen molar-refractivity contribution < 1.29 is 0 Å². The van der Waals surface area contributed by atoms with Crippen molar-refractivity contribution >= 4 is 151 Å². The third-order valence-electron chi connectivity index (χ3n) is 17.6. The Morgan fingerprint density at radius 1 is 0.167 bits per heavy atom. The van der Waals surface area contributed by atoms with E-state index < -0.39 is 0 Å². The van der Waals surface area contributed by atoms with Gasteiger partial charge in [0.15, 0.2) is 0 Å². The van der Waals surface area contributed by atoms with Gasteiger partial charge in [0.2, 0.25) is 0 Å². The van der Waals surface area contributed by atoms with Gasteiger partial charge in [-0.3, -0.25) is 0 Å². The molecule has 0 aliphatic rings. The molecule has 0 saturated heterocycles. The van der Waals surface area contributed by atoms with Crippen LogP contribution >= 0.6 is 0 Å². The van der Waals surface area contributed by atoms with E-state index in [1.807, 2.05) is 0 Å². The molecule has 2 nitrogen and oxygen atoms in total. The molecule has 0 aliphatic carbocycles. The van der Waals surface area contributed by atoms with Crippen LogP contribution in [0.25, 0.3) is 174 Å². The van der Waals surface area contributed by atoms with E-state index in [4.69, 9.17) is 0 Å². The summed E-state index contributed by atoms with van der Waals surface area (Å²) in [5.74, 6) is 0. The van der Waals surface area contributed by atoms with E-state index in [2.05, 4.69) is 276 Å². The van der Waals surface area contributed by atoms with E-state index in [0.717, 1.165) is 0 Å². The maximum atomic E-state index is 2.57. The Morgan fingerprint density at radius 2 is 0.538 bits per heavy atom. The normalized spacial score (nSPS) is 12.4. The number of nitrogens with zero attached hydrogens (tertiary/aromatic N) is 2. The minimum atomic E-state index is 1.18.